The first-order chi connectivity index (χ1) is 17.0. The minimum atomic E-state index is -0.666. The molecule has 0 spiro atoms. The van der Waals surface area contributed by atoms with E-state index in [0.717, 1.165) is 34.0 Å². The van der Waals surface area contributed by atoms with E-state index in [-0.39, 0.29) is 18.4 Å². The smallest absolute Gasteiger partial charge is 0.261 e. The molecule has 0 unspecified atom stereocenters. The Balaban J connectivity index is 1.89. The van der Waals surface area contributed by atoms with E-state index in [1.165, 1.54) is 0 Å². The summed E-state index contributed by atoms with van der Waals surface area (Å²) in [6.07, 6.45) is 2.29. The van der Waals surface area contributed by atoms with Gasteiger partial charge in [0, 0.05) is 24.0 Å². The number of rotatable bonds is 12. The molecule has 0 aliphatic heterocycles. The van der Waals surface area contributed by atoms with E-state index < -0.39 is 6.04 Å². The van der Waals surface area contributed by atoms with Crippen molar-refractivity contribution in [2.24, 2.45) is 0 Å². The van der Waals surface area contributed by atoms with Gasteiger partial charge in [-0.3, -0.25) is 9.59 Å². The van der Waals surface area contributed by atoms with E-state index in [1.54, 1.807) is 4.90 Å². The van der Waals surface area contributed by atoms with Gasteiger partial charge in [-0.15, -0.1) is 0 Å². The predicted molar refractivity (Wildman–Crippen MR) is 143 cm³/mol. The first kappa shape index (κ1) is 26.5. The van der Waals surface area contributed by atoms with Gasteiger partial charge in [0.2, 0.25) is 5.91 Å². The molecule has 184 valence electrons. The van der Waals surface area contributed by atoms with Gasteiger partial charge in [-0.25, -0.2) is 0 Å². The van der Waals surface area contributed by atoms with Gasteiger partial charge in [0.1, 0.15) is 11.8 Å². The largest absolute Gasteiger partial charge is 0.484 e. The van der Waals surface area contributed by atoms with Gasteiger partial charge in [0.05, 0.1) is 0 Å². The standard InChI is InChI=1S/C29H33BrN2O3/c1-3-4-17-31-29(34)26(19-23-12-6-5-7-13-23)32(20-24-14-10-15-25(30)18-24)28(33)21-35-27-16-9-8-11-22(27)2/h5-16,18,26H,3-4,17,19-21H2,1-2H3,(H,31,34)/t26-/m1/s1. The zero-order chi connectivity index (χ0) is 25.0. The number of hydrogen-bond donors (Lipinski definition) is 1. The van der Waals surface area contributed by atoms with Crippen LogP contribution in [0.2, 0.25) is 0 Å². The molecule has 0 saturated carbocycles. The molecule has 0 fully saturated rings. The van der Waals surface area contributed by atoms with Gasteiger partial charge < -0.3 is 15.0 Å². The molecule has 1 atom stereocenters. The normalized spacial score (nSPS) is 11.5. The van der Waals surface area contributed by atoms with E-state index in [1.807, 2.05) is 85.8 Å². The molecular weight excluding hydrogens is 504 g/mol. The highest BCUT2D eigenvalue weighted by atomic mass is 79.9. The van der Waals surface area contributed by atoms with Crippen LogP contribution in [0.15, 0.2) is 83.3 Å². The summed E-state index contributed by atoms with van der Waals surface area (Å²) >= 11 is 3.51. The fourth-order valence-electron chi connectivity index (χ4n) is 3.83. The number of halogens is 1. The quantitative estimate of drug-likeness (QED) is 0.302. The molecule has 0 radical (unpaired) electrons. The van der Waals surface area contributed by atoms with Crippen LogP contribution in [0.1, 0.15) is 36.5 Å². The molecular formula is C29H33BrN2O3. The number of nitrogens with one attached hydrogen (secondary N) is 1. The van der Waals surface area contributed by atoms with Crippen molar-refractivity contribution in [3.8, 4) is 5.75 Å². The molecule has 0 heterocycles. The number of para-hydroxylation sites is 1. The maximum Gasteiger partial charge on any atom is 0.261 e. The first-order valence-corrected chi connectivity index (χ1v) is 12.8. The number of benzene rings is 3. The Bertz CT molecular complexity index is 1100. The number of aryl methyl sites for hydroxylation is 1. The highest BCUT2D eigenvalue weighted by Crippen LogP contribution is 2.20. The molecule has 3 aromatic rings. The predicted octanol–water partition coefficient (Wildman–Crippen LogP) is 5.69. The number of carbonyl (C=O) groups excluding carboxylic acids is 2. The van der Waals surface area contributed by atoms with Crippen LogP contribution < -0.4 is 10.1 Å². The number of amides is 2. The van der Waals surface area contributed by atoms with Gasteiger partial charge in [-0.05, 0) is 48.2 Å². The third-order valence-corrected chi connectivity index (χ3v) is 6.28. The Labute approximate surface area is 216 Å². The van der Waals surface area contributed by atoms with Gasteiger partial charge in [0.25, 0.3) is 5.91 Å². The first-order valence-electron chi connectivity index (χ1n) is 12.0. The summed E-state index contributed by atoms with van der Waals surface area (Å²) in [6.45, 7) is 4.76. The van der Waals surface area contributed by atoms with Crippen LogP contribution in [0.3, 0.4) is 0 Å². The molecule has 0 aliphatic rings. The summed E-state index contributed by atoms with van der Waals surface area (Å²) in [4.78, 5) is 28.6. The van der Waals surface area contributed by atoms with Gasteiger partial charge in [-0.2, -0.15) is 0 Å². The Morgan fingerprint density at radius 1 is 0.971 bits per heavy atom. The van der Waals surface area contributed by atoms with Crippen molar-refractivity contribution in [2.75, 3.05) is 13.2 Å². The molecule has 2 amide bonds. The highest BCUT2D eigenvalue weighted by molar-refractivity contribution is 9.10. The van der Waals surface area contributed by atoms with Gasteiger partial charge >= 0.3 is 0 Å². The van der Waals surface area contributed by atoms with E-state index in [4.69, 9.17) is 4.74 Å². The Hall–Kier alpha value is -3.12. The van der Waals surface area contributed by atoms with Crippen molar-refractivity contribution in [1.29, 1.82) is 0 Å². The number of ether oxygens (including phenoxy) is 1. The average Bonchev–Trinajstić information content (AvgIpc) is 2.86. The second-order valence-corrected chi connectivity index (χ2v) is 9.47. The lowest BCUT2D eigenvalue weighted by atomic mass is 10.0. The van der Waals surface area contributed by atoms with Gasteiger partial charge in [0.15, 0.2) is 6.61 Å². The second-order valence-electron chi connectivity index (χ2n) is 8.56. The van der Waals surface area contributed by atoms with Crippen LogP contribution in [0, 0.1) is 6.92 Å². The highest BCUT2D eigenvalue weighted by Gasteiger charge is 2.30. The molecule has 35 heavy (non-hydrogen) atoms. The molecule has 0 aliphatic carbocycles. The Kier molecular flexibility index (Phi) is 10.4. The topological polar surface area (TPSA) is 58.6 Å². The molecule has 5 nitrogen and oxygen atoms in total. The number of unbranched alkanes of at least 4 members (excludes halogenated alkanes) is 1. The van der Waals surface area contributed by atoms with E-state index in [2.05, 4.69) is 28.2 Å². The lowest BCUT2D eigenvalue weighted by Gasteiger charge is -2.31. The van der Waals surface area contributed by atoms with Crippen molar-refractivity contribution >= 4 is 27.7 Å². The van der Waals surface area contributed by atoms with Crippen LogP contribution in [0.5, 0.6) is 5.75 Å². The lowest BCUT2D eigenvalue weighted by Crippen LogP contribution is -2.51. The summed E-state index contributed by atoms with van der Waals surface area (Å²) in [6, 6.07) is 24.5. The van der Waals surface area contributed by atoms with Crippen molar-refractivity contribution in [3.63, 3.8) is 0 Å². The molecule has 0 bridgehead atoms. The molecule has 0 saturated heterocycles. The number of hydrogen-bond acceptors (Lipinski definition) is 3. The van der Waals surface area contributed by atoms with Crippen molar-refractivity contribution in [1.82, 2.24) is 10.2 Å². The summed E-state index contributed by atoms with van der Waals surface area (Å²) in [7, 11) is 0. The van der Waals surface area contributed by atoms with Crippen molar-refractivity contribution in [3.05, 3.63) is 100 Å². The Morgan fingerprint density at radius 2 is 1.69 bits per heavy atom. The SMILES string of the molecule is CCCCNC(=O)[C@@H](Cc1ccccc1)N(Cc1cccc(Br)c1)C(=O)COc1ccccc1C. The zero-order valence-corrected chi connectivity index (χ0v) is 22.0. The maximum absolute atomic E-state index is 13.6. The van der Waals surface area contributed by atoms with Crippen molar-refractivity contribution in [2.45, 2.75) is 45.7 Å². The summed E-state index contributed by atoms with van der Waals surface area (Å²) < 4.78 is 6.81. The average molecular weight is 537 g/mol. The fourth-order valence-corrected chi connectivity index (χ4v) is 4.28. The van der Waals surface area contributed by atoms with Crippen LogP contribution >= 0.6 is 15.9 Å². The lowest BCUT2D eigenvalue weighted by molar-refractivity contribution is -0.142. The van der Waals surface area contributed by atoms with E-state index >= 15 is 0 Å². The van der Waals surface area contributed by atoms with E-state index in [0.29, 0.717) is 25.3 Å². The summed E-state index contributed by atoms with van der Waals surface area (Å²) in [5, 5.41) is 3.04. The summed E-state index contributed by atoms with van der Waals surface area (Å²) in [5.74, 6) is 0.275. The molecule has 6 heteroatoms. The van der Waals surface area contributed by atoms with Crippen LogP contribution in [0.25, 0.3) is 0 Å². The molecule has 0 aromatic heterocycles. The number of carbonyl (C=O) groups is 2. The van der Waals surface area contributed by atoms with Crippen LogP contribution in [0.4, 0.5) is 0 Å². The zero-order valence-electron chi connectivity index (χ0n) is 20.4. The summed E-state index contributed by atoms with van der Waals surface area (Å²) in [5.41, 5.74) is 2.88. The third kappa shape index (κ3) is 8.25. The minimum Gasteiger partial charge on any atom is -0.484 e. The minimum absolute atomic E-state index is 0.146. The maximum atomic E-state index is 13.6. The fraction of sp³-hybridized carbons (Fsp3) is 0.310. The second kappa shape index (κ2) is 13.7. The van der Waals surface area contributed by atoms with Crippen molar-refractivity contribution < 1.29 is 14.3 Å². The monoisotopic (exact) mass is 536 g/mol. The van der Waals surface area contributed by atoms with Gasteiger partial charge in [-0.1, -0.05) is 89.9 Å². The third-order valence-electron chi connectivity index (χ3n) is 5.79. The molecule has 3 aromatic carbocycles. The Morgan fingerprint density at radius 3 is 2.40 bits per heavy atom. The van der Waals surface area contributed by atoms with E-state index in [9.17, 15) is 9.59 Å². The van der Waals surface area contributed by atoms with Crippen LogP contribution in [-0.4, -0.2) is 35.9 Å². The molecule has 3 rings (SSSR count). The van der Waals surface area contributed by atoms with Crippen LogP contribution in [-0.2, 0) is 22.6 Å². The number of nitrogens with zero attached hydrogens (tertiary/aromatic N) is 1. The molecule has 1 N–H and O–H groups in total.